The lowest BCUT2D eigenvalue weighted by atomic mass is 10.0. The van der Waals surface area contributed by atoms with Crippen LogP contribution in [0.25, 0.3) is 32.9 Å². The first-order valence-electron chi connectivity index (χ1n) is 8.92. The van der Waals surface area contributed by atoms with E-state index in [1.807, 2.05) is 24.4 Å². The molecule has 1 fully saturated rings. The molecule has 0 spiro atoms. The zero-order valence-electron chi connectivity index (χ0n) is 14.6. The summed E-state index contributed by atoms with van der Waals surface area (Å²) >= 11 is 19.0. The Hall–Kier alpha value is -1.81. The van der Waals surface area contributed by atoms with E-state index in [-0.39, 0.29) is 0 Å². The minimum Gasteiger partial charge on any atom is -0.338 e. The Labute approximate surface area is 171 Å². The second-order valence-corrected chi connectivity index (χ2v) is 8.35. The fourth-order valence-corrected chi connectivity index (χ4v) is 4.55. The van der Waals surface area contributed by atoms with Crippen molar-refractivity contribution in [1.29, 1.82) is 0 Å². The molecular weight excluding hydrogens is 401 g/mol. The number of benzene rings is 1. The average molecular weight is 417 g/mol. The third-order valence-corrected chi connectivity index (χ3v) is 5.97. The molecule has 0 N–H and O–H groups in total. The summed E-state index contributed by atoms with van der Waals surface area (Å²) in [5.74, 6) is 0.714. The predicted molar refractivity (Wildman–Crippen MR) is 113 cm³/mol. The van der Waals surface area contributed by atoms with Gasteiger partial charge in [-0.3, -0.25) is 4.98 Å². The standard InChI is InChI=1S/C21H16Cl3N3/c1-11-19-14(6-7-25-11)16-8-13(22)9-17(15-4-5-18(23)26-21(15)24)20(16)27(19)10-12-2-3-12/h4-9,12H,2-3,10H2,1H3. The van der Waals surface area contributed by atoms with Crippen LogP contribution in [0.2, 0.25) is 15.3 Å². The lowest BCUT2D eigenvalue weighted by Gasteiger charge is -2.13. The summed E-state index contributed by atoms with van der Waals surface area (Å²) in [7, 11) is 0. The van der Waals surface area contributed by atoms with E-state index >= 15 is 0 Å². The summed E-state index contributed by atoms with van der Waals surface area (Å²) in [5, 5.41) is 3.71. The molecule has 0 saturated heterocycles. The number of aryl methyl sites for hydroxylation is 1. The quantitative estimate of drug-likeness (QED) is 0.339. The fourth-order valence-electron chi connectivity index (χ4n) is 3.88. The molecular formula is C21H16Cl3N3. The Morgan fingerprint density at radius 3 is 2.56 bits per heavy atom. The number of pyridine rings is 2. The zero-order chi connectivity index (χ0) is 18.7. The van der Waals surface area contributed by atoms with E-state index in [4.69, 9.17) is 34.8 Å². The van der Waals surface area contributed by atoms with Crippen LogP contribution in [0, 0.1) is 12.8 Å². The number of hydrogen-bond acceptors (Lipinski definition) is 2. The Balaban J connectivity index is 1.93. The van der Waals surface area contributed by atoms with Crippen LogP contribution in [0.3, 0.4) is 0 Å². The van der Waals surface area contributed by atoms with Gasteiger partial charge in [0.05, 0.1) is 16.7 Å². The van der Waals surface area contributed by atoms with Gasteiger partial charge in [0, 0.05) is 39.7 Å². The van der Waals surface area contributed by atoms with Gasteiger partial charge < -0.3 is 4.57 Å². The van der Waals surface area contributed by atoms with Crippen LogP contribution in [-0.4, -0.2) is 14.5 Å². The van der Waals surface area contributed by atoms with E-state index in [2.05, 4.69) is 27.5 Å². The summed E-state index contributed by atoms with van der Waals surface area (Å²) in [6, 6.07) is 9.73. The van der Waals surface area contributed by atoms with E-state index in [0.717, 1.165) is 34.3 Å². The maximum atomic E-state index is 6.51. The first-order chi connectivity index (χ1) is 13.0. The van der Waals surface area contributed by atoms with E-state index in [1.54, 1.807) is 6.07 Å². The SMILES string of the molecule is Cc1nccc2c3cc(Cl)cc(-c4ccc(Cl)nc4Cl)c3n(CC3CC3)c12. The van der Waals surface area contributed by atoms with Crippen molar-refractivity contribution in [3.63, 3.8) is 0 Å². The van der Waals surface area contributed by atoms with E-state index in [0.29, 0.717) is 21.2 Å². The minimum absolute atomic E-state index is 0.376. The highest BCUT2D eigenvalue weighted by molar-refractivity contribution is 6.36. The summed E-state index contributed by atoms with van der Waals surface area (Å²) < 4.78 is 2.39. The first kappa shape index (κ1) is 17.3. The first-order valence-corrected chi connectivity index (χ1v) is 10.1. The molecule has 0 atom stereocenters. The van der Waals surface area contributed by atoms with E-state index in [1.165, 1.54) is 23.7 Å². The van der Waals surface area contributed by atoms with Crippen LogP contribution < -0.4 is 0 Å². The van der Waals surface area contributed by atoms with E-state index < -0.39 is 0 Å². The van der Waals surface area contributed by atoms with Gasteiger partial charge in [-0.2, -0.15) is 0 Å². The summed E-state index contributed by atoms with van der Waals surface area (Å²) in [6.07, 6.45) is 4.40. The molecule has 3 heterocycles. The molecule has 0 bridgehead atoms. The van der Waals surface area contributed by atoms with Gasteiger partial charge in [-0.05, 0) is 56.0 Å². The van der Waals surface area contributed by atoms with Crippen molar-refractivity contribution in [1.82, 2.24) is 14.5 Å². The highest BCUT2D eigenvalue weighted by atomic mass is 35.5. The number of aromatic nitrogens is 3. The lowest BCUT2D eigenvalue weighted by molar-refractivity contribution is 0.662. The molecule has 5 rings (SSSR count). The van der Waals surface area contributed by atoms with Gasteiger partial charge in [-0.25, -0.2) is 4.98 Å². The van der Waals surface area contributed by atoms with Crippen LogP contribution in [0.15, 0.2) is 36.5 Å². The number of halogens is 3. The molecule has 0 amide bonds. The molecule has 4 aromatic rings. The Bertz CT molecular complexity index is 1210. The van der Waals surface area contributed by atoms with Gasteiger partial charge in [0.2, 0.25) is 0 Å². The number of fused-ring (bicyclic) bond motifs is 3. The Kier molecular flexibility index (Phi) is 4.08. The van der Waals surface area contributed by atoms with Crippen LogP contribution in [0.5, 0.6) is 0 Å². The molecule has 0 unspecified atom stereocenters. The molecule has 136 valence electrons. The van der Waals surface area contributed by atoms with Gasteiger partial charge >= 0.3 is 0 Å². The second kappa shape index (κ2) is 6.37. The largest absolute Gasteiger partial charge is 0.338 e. The van der Waals surface area contributed by atoms with Crippen molar-refractivity contribution in [2.75, 3.05) is 0 Å². The third-order valence-electron chi connectivity index (χ3n) is 5.25. The Morgan fingerprint density at radius 2 is 1.81 bits per heavy atom. The van der Waals surface area contributed by atoms with Gasteiger partial charge in [-0.1, -0.05) is 34.8 Å². The average Bonchev–Trinajstić information content (AvgIpc) is 3.38. The van der Waals surface area contributed by atoms with Gasteiger partial charge in [-0.15, -0.1) is 0 Å². The highest BCUT2D eigenvalue weighted by Gasteiger charge is 2.26. The van der Waals surface area contributed by atoms with Crippen LogP contribution in [0.1, 0.15) is 18.5 Å². The van der Waals surface area contributed by atoms with Crippen molar-refractivity contribution < 1.29 is 0 Å². The molecule has 1 aliphatic rings. The van der Waals surface area contributed by atoms with Gasteiger partial charge in [0.15, 0.2) is 0 Å². The highest BCUT2D eigenvalue weighted by Crippen LogP contribution is 2.42. The molecule has 1 aliphatic carbocycles. The van der Waals surface area contributed by atoms with Crippen molar-refractivity contribution in [2.24, 2.45) is 5.92 Å². The lowest BCUT2D eigenvalue weighted by Crippen LogP contribution is -2.02. The molecule has 0 aliphatic heterocycles. The second-order valence-electron chi connectivity index (χ2n) is 7.17. The smallest absolute Gasteiger partial charge is 0.138 e. The normalized spacial score (nSPS) is 14.4. The predicted octanol–water partition coefficient (Wildman–Crippen LogP) is 6.93. The number of nitrogens with zero attached hydrogens (tertiary/aromatic N) is 3. The molecule has 0 radical (unpaired) electrons. The summed E-state index contributed by atoms with van der Waals surface area (Å²) in [5.41, 5.74) is 5.12. The van der Waals surface area contributed by atoms with Crippen molar-refractivity contribution >= 4 is 56.6 Å². The minimum atomic E-state index is 0.376. The summed E-state index contributed by atoms with van der Waals surface area (Å²) in [4.78, 5) is 8.76. The monoisotopic (exact) mass is 415 g/mol. The summed E-state index contributed by atoms with van der Waals surface area (Å²) in [6.45, 7) is 3.03. The van der Waals surface area contributed by atoms with Crippen LogP contribution in [0.4, 0.5) is 0 Å². The number of rotatable bonds is 3. The fraction of sp³-hybridized carbons (Fsp3) is 0.238. The molecule has 27 heavy (non-hydrogen) atoms. The maximum Gasteiger partial charge on any atom is 0.138 e. The molecule has 3 aromatic heterocycles. The van der Waals surface area contributed by atoms with Crippen molar-refractivity contribution in [2.45, 2.75) is 26.3 Å². The topological polar surface area (TPSA) is 30.7 Å². The Morgan fingerprint density at radius 1 is 1.00 bits per heavy atom. The zero-order valence-corrected chi connectivity index (χ0v) is 16.9. The van der Waals surface area contributed by atoms with E-state index in [9.17, 15) is 0 Å². The van der Waals surface area contributed by atoms with Crippen molar-refractivity contribution in [3.05, 3.63) is 57.6 Å². The third kappa shape index (κ3) is 2.89. The molecule has 6 heteroatoms. The maximum absolute atomic E-state index is 6.51. The van der Waals surface area contributed by atoms with Crippen LogP contribution in [-0.2, 0) is 6.54 Å². The van der Waals surface area contributed by atoms with Crippen LogP contribution >= 0.6 is 34.8 Å². The number of hydrogen-bond donors (Lipinski definition) is 0. The molecule has 1 saturated carbocycles. The van der Waals surface area contributed by atoms with Gasteiger partial charge in [0.25, 0.3) is 0 Å². The van der Waals surface area contributed by atoms with Crippen molar-refractivity contribution in [3.8, 4) is 11.1 Å². The molecule has 3 nitrogen and oxygen atoms in total. The molecule has 1 aromatic carbocycles. The van der Waals surface area contributed by atoms with Gasteiger partial charge in [0.1, 0.15) is 10.3 Å².